The lowest BCUT2D eigenvalue weighted by Crippen LogP contribution is -2.51. The summed E-state index contributed by atoms with van der Waals surface area (Å²) in [6, 6.07) is 5.74. The van der Waals surface area contributed by atoms with E-state index in [4.69, 9.17) is 5.73 Å². The molecule has 1 aromatic rings. The Balaban J connectivity index is 0.00000242. The summed E-state index contributed by atoms with van der Waals surface area (Å²) in [6.45, 7) is -2.51. The number of carbonyl (C=O) groups is 1. The number of hydrogen-bond acceptors (Lipinski definition) is 3. The summed E-state index contributed by atoms with van der Waals surface area (Å²) in [6.07, 6.45) is 5.11. The van der Waals surface area contributed by atoms with Crippen LogP contribution in [0.5, 0.6) is 5.75 Å². The maximum atomic E-state index is 12.2. The number of hydrogen-bond donors (Lipinski definition) is 2. The fraction of sp³-hybridized carbons (Fsp3) is 0.533. The minimum Gasteiger partial charge on any atom is -0.435 e. The first-order valence-electron chi connectivity index (χ1n) is 7.10. The van der Waals surface area contributed by atoms with Crippen molar-refractivity contribution in [2.45, 2.75) is 44.3 Å². The monoisotopic (exact) mass is 334 g/mol. The minimum absolute atomic E-state index is 0. The average Bonchev–Trinajstić information content (AvgIpc) is 2.45. The van der Waals surface area contributed by atoms with Crippen LogP contribution in [0.15, 0.2) is 24.3 Å². The van der Waals surface area contributed by atoms with Crippen molar-refractivity contribution in [1.82, 2.24) is 5.32 Å². The van der Waals surface area contributed by atoms with Crippen molar-refractivity contribution >= 4 is 18.3 Å². The number of alkyl halides is 2. The quantitative estimate of drug-likeness (QED) is 0.869. The van der Waals surface area contributed by atoms with E-state index in [9.17, 15) is 13.6 Å². The van der Waals surface area contributed by atoms with Crippen LogP contribution < -0.4 is 15.8 Å². The molecular weight excluding hydrogens is 314 g/mol. The molecule has 4 nitrogen and oxygen atoms in total. The first-order chi connectivity index (χ1) is 9.98. The van der Waals surface area contributed by atoms with Crippen LogP contribution in [0.3, 0.4) is 0 Å². The van der Waals surface area contributed by atoms with Gasteiger partial charge in [0.2, 0.25) is 0 Å². The smallest absolute Gasteiger partial charge is 0.387 e. The van der Waals surface area contributed by atoms with E-state index in [1.54, 1.807) is 6.07 Å². The van der Waals surface area contributed by atoms with Gasteiger partial charge in [-0.25, -0.2) is 0 Å². The average molecular weight is 335 g/mol. The summed E-state index contributed by atoms with van der Waals surface area (Å²) < 4.78 is 28.6. The molecule has 0 aliphatic heterocycles. The highest BCUT2D eigenvalue weighted by molar-refractivity contribution is 5.94. The molecule has 0 heterocycles. The van der Waals surface area contributed by atoms with E-state index in [0.717, 1.165) is 25.7 Å². The van der Waals surface area contributed by atoms with Crippen LogP contribution in [-0.2, 0) is 0 Å². The fourth-order valence-electron chi connectivity index (χ4n) is 2.60. The summed E-state index contributed by atoms with van der Waals surface area (Å²) >= 11 is 0. The van der Waals surface area contributed by atoms with E-state index < -0.39 is 6.61 Å². The number of nitrogens with one attached hydrogen (secondary N) is 1. The predicted octanol–water partition coefficient (Wildman–Crippen LogP) is 3.10. The Morgan fingerprint density at radius 1 is 1.32 bits per heavy atom. The Kier molecular flexibility index (Phi) is 7.03. The number of halogens is 3. The van der Waals surface area contributed by atoms with Crippen LogP contribution in [0.1, 0.15) is 42.5 Å². The Hall–Kier alpha value is -1.40. The number of carbonyl (C=O) groups excluding carboxylic acids is 1. The zero-order valence-electron chi connectivity index (χ0n) is 12.2. The first-order valence-corrected chi connectivity index (χ1v) is 7.10. The molecule has 0 saturated heterocycles. The molecule has 22 heavy (non-hydrogen) atoms. The standard InChI is InChI=1S/C15H20F2N2O2.ClH/c16-14(17)21-12-6-4-5-11(9-12)13(20)19-10-15(18)7-2-1-3-8-15;/h4-6,9,14H,1-3,7-8,10,18H2,(H,19,20);1H. The summed E-state index contributed by atoms with van der Waals surface area (Å²) in [5, 5.41) is 2.78. The highest BCUT2D eigenvalue weighted by atomic mass is 35.5. The molecule has 0 spiro atoms. The molecule has 1 aromatic carbocycles. The zero-order valence-corrected chi connectivity index (χ0v) is 13.0. The van der Waals surface area contributed by atoms with E-state index in [0.29, 0.717) is 6.54 Å². The number of amides is 1. The van der Waals surface area contributed by atoms with Crippen molar-refractivity contribution in [1.29, 1.82) is 0 Å². The van der Waals surface area contributed by atoms with Crippen molar-refractivity contribution in [3.8, 4) is 5.75 Å². The predicted molar refractivity (Wildman–Crippen MR) is 82.7 cm³/mol. The lowest BCUT2D eigenvalue weighted by atomic mass is 9.82. The zero-order chi connectivity index (χ0) is 15.3. The van der Waals surface area contributed by atoms with Crippen molar-refractivity contribution in [2.75, 3.05) is 6.54 Å². The molecule has 0 bridgehead atoms. The summed E-state index contributed by atoms with van der Waals surface area (Å²) in [5.41, 5.74) is 6.17. The fourth-order valence-corrected chi connectivity index (χ4v) is 2.60. The largest absolute Gasteiger partial charge is 0.435 e. The van der Waals surface area contributed by atoms with E-state index in [2.05, 4.69) is 10.1 Å². The van der Waals surface area contributed by atoms with Crippen molar-refractivity contribution in [3.05, 3.63) is 29.8 Å². The van der Waals surface area contributed by atoms with Crippen molar-refractivity contribution in [2.24, 2.45) is 5.73 Å². The van der Waals surface area contributed by atoms with Crippen LogP contribution >= 0.6 is 12.4 Å². The maximum absolute atomic E-state index is 12.2. The van der Waals surface area contributed by atoms with Crippen LogP contribution in [0.25, 0.3) is 0 Å². The van der Waals surface area contributed by atoms with Crippen LogP contribution in [0, 0.1) is 0 Å². The summed E-state index contributed by atoms with van der Waals surface area (Å²) in [4.78, 5) is 12.1. The van der Waals surface area contributed by atoms with Gasteiger partial charge >= 0.3 is 6.61 Å². The molecule has 1 aliphatic carbocycles. The Labute approximate surface area is 134 Å². The first kappa shape index (κ1) is 18.6. The van der Waals surface area contributed by atoms with Gasteiger partial charge in [0.1, 0.15) is 5.75 Å². The second-order valence-electron chi connectivity index (χ2n) is 5.51. The van der Waals surface area contributed by atoms with Crippen LogP contribution in [0.4, 0.5) is 8.78 Å². The van der Waals surface area contributed by atoms with Crippen molar-refractivity contribution in [3.63, 3.8) is 0 Å². The van der Waals surface area contributed by atoms with Gasteiger partial charge < -0.3 is 15.8 Å². The lowest BCUT2D eigenvalue weighted by Gasteiger charge is -2.33. The third-order valence-electron chi connectivity index (χ3n) is 3.77. The molecule has 0 unspecified atom stereocenters. The molecule has 1 fully saturated rings. The third-order valence-corrected chi connectivity index (χ3v) is 3.77. The van der Waals surface area contributed by atoms with Gasteiger partial charge in [-0.1, -0.05) is 25.3 Å². The van der Waals surface area contributed by atoms with E-state index in [1.807, 2.05) is 0 Å². The van der Waals surface area contributed by atoms with Gasteiger partial charge in [0.15, 0.2) is 0 Å². The Morgan fingerprint density at radius 3 is 2.64 bits per heavy atom. The SMILES string of the molecule is Cl.NC1(CNC(=O)c2cccc(OC(F)F)c2)CCCCC1. The van der Waals surface area contributed by atoms with Gasteiger partial charge in [-0.15, -0.1) is 12.4 Å². The van der Waals surface area contributed by atoms with E-state index in [-0.39, 0.29) is 35.2 Å². The molecule has 3 N–H and O–H groups in total. The minimum atomic E-state index is -2.90. The lowest BCUT2D eigenvalue weighted by molar-refractivity contribution is -0.0498. The van der Waals surface area contributed by atoms with Gasteiger partial charge in [0.25, 0.3) is 5.91 Å². The molecule has 2 rings (SSSR count). The van der Waals surface area contributed by atoms with E-state index in [1.165, 1.54) is 24.6 Å². The summed E-state index contributed by atoms with van der Waals surface area (Å²) in [5.74, 6) is -0.358. The molecule has 1 aliphatic rings. The van der Waals surface area contributed by atoms with Gasteiger partial charge in [0, 0.05) is 17.6 Å². The maximum Gasteiger partial charge on any atom is 0.387 e. The highest BCUT2D eigenvalue weighted by Gasteiger charge is 2.27. The van der Waals surface area contributed by atoms with Crippen molar-refractivity contribution < 1.29 is 18.3 Å². The van der Waals surface area contributed by atoms with Crippen LogP contribution in [0.2, 0.25) is 0 Å². The number of rotatable bonds is 5. The molecule has 0 radical (unpaired) electrons. The molecular formula is C15H21ClF2N2O2. The Bertz CT molecular complexity index is 494. The van der Waals surface area contributed by atoms with Gasteiger partial charge in [0.05, 0.1) is 0 Å². The van der Waals surface area contributed by atoms with Gasteiger partial charge in [-0.05, 0) is 31.0 Å². The second kappa shape index (κ2) is 8.29. The van der Waals surface area contributed by atoms with Gasteiger partial charge in [-0.3, -0.25) is 4.79 Å². The highest BCUT2D eigenvalue weighted by Crippen LogP contribution is 2.25. The molecule has 1 saturated carbocycles. The molecule has 0 atom stereocenters. The topological polar surface area (TPSA) is 64.3 Å². The Morgan fingerprint density at radius 2 is 2.00 bits per heavy atom. The second-order valence-corrected chi connectivity index (χ2v) is 5.51. The summed E-state index contributed by atoms with van der Waals surface area (Å²) in [7, 11) is 0. The molecule has 7 heteroatoms. The van der Waals surface area contributed by atoms with Crippen LogP contribution in [-0.4, -0.2) is 24.6 Å². The molecule has 1 amide bonds. The number of nitrogens with two attached hydrogens (primary N) is 1. The number of ether oxygens (including phenoxy) is 1. The number of benzene rings is 1. The molecule has 124 valence electrons. The molecule has 0 aromatic heterocycles. The third kappa shape index (κ3) is 5.42. The van der Waals surface area contributed by atoms with E-state index >= 15 is 0 Å². The normalized spacial score (nSPS) is 16.7. The van der Waals surface area contributed by atoms with Gasteiger partial charge in [-0.2, -0.15) is 8.78 Å².